The Labute approximate surface area is 261 Å². The van der Waals surface area contributed by atoms with Crippen molar-refractivity contribution in [2.45, 2.75) is 117 Å². The molecule has 0 spiro atoms. The maximum absolute atomic E-state index is 13.5. The Hall–Kier alpha value is -3.15. The molecule has 250 valence electrons. The number of nitrogens with zero attached hydrogens (tertiary/aromatic N) is 1. The van der Waals surface area contributed by atoms with E-state index in [0.29, 0.717) is 58.0 Å². The van der Waals surface area contributed by atoms with Crippen LogP contribution < -0.4 is 16.8 Å². The van der Waals surface area contributed by atoms with Crippen LogP contribution in [0, 0.1) is 23.7 Å². The monoisotopic (exact) mass is 622 g/mol. The number of likely N-dealkylation sites (tertiary alicyclic amines) is 1. The minimum Gasteiger partial charge on any atom is -0.465 e. The summed E-state index contributed by atoms with van der Waals surface area (Å²) in [5.41, 5.74) is 10.8. The molecule has 0 aromatic carbocycles. The lowest BCUT2D eigenvalue weighted by atomic mass is 9.87. The van der Waals surface area contributed by atoms with Gasteiger partial charge in [0, 0.05) is 31.7 Å². The Morgan fingerprint density at radius 2 is 1.64 bits per heavy atom. The van der Waals surface area contributed by atoms with Gasteiger partial charge in [0.2, 0.25) is 23.5 Å². The summed E-state index contributed by atoms with van der Waals surface area (Å²) in [6.45, 7) is 10.5. The summed E-state index contributed by atoms with van der Waals surface area (Å²) in [5.74, 6) is -5.25. The Kier molecular flexibility index (Phi) is 17.7. The zero-order chi connectivity index (χ0) is 33.4. The maximum atomic E-state index is 13.5. The molecule has 0 saturated carbocycles. The number of hydrogen-bond acceptors (Lipinski definition) is 9. The van der Waals surface area contributed by atoms with Crippen LogP contribution in [0.4, 0.5) is 0 Å². The van der Waals surface area contributed by atoms with E-state index >= 15 is 0 Å². The molecule has 1 fully saturated rings. The number of nitrogens with two attached hydrogens (primary N) is 2. The van der Waals surface area contributed by atoms with Crippen molar-refractivity contribution < 1.29 is 38.3 Å². The van der Waals surface area contributed by atoms with Gasteiger partial charge in [0.1, 0.15) is 6.04 Å². The van der Waals surface area contributed by atoms with Crippen molar-refractivity contribution in [2.75, 3.05) is 19.7 Å². The van der Waals surface area contributed by atoms with Gasteiger partial charge in [-0.3, -0.25) is 33.6 Å². The Balaban J connectivity index is 2.83. The predicted molar refractivity (Wildman–Crippen MR) is 165 cm³/mol. The molecule has 12 nitrogen and oxygen atoms in total. The number of carbonyl (C=O) groups is 7. The van der Waals surface area contributed by atoms with Crippen LogP contribution in [0.5, 0.6) is 0 Å². The zero-order valence-corrected chi connectivity index (χ0v) is 27.2. The van der Waals surface area contributed by atoms with Gasteiger partial charge in [-0.2, -0.15) is 0 Å². The zero-order valence-electron chi connectivity index (χ0n) is 27.2. The number of unbranched alkanes of at least 4 members (excludes halogenated alkanes) is 1. The smallest absolute Gasteiger partial charge is 0.306 e. The van der Waals surface area contributed by atoms with E-state index in [2.05, 4.69) is 5.32 Å². The van der Waals surface area contributed by atoms with Crippen molar-refractivity contribution in [1.29, 1.82) is 0 Å². The number of Topliss-reactive ketones (excluding diaryl/α,β-unsaturated/α-hetero) is 3. The highest BCUT2D eigenvalue weighted by Gasteiger charge is 2.40. The van der Waals surface area contributed by atoms with Gasteiger partial charge in [-0.1, -0.05) is 41.0 Å². The van der Waals surface area contributed by atoms with Gasteiger partial charge in [-0.25, -0.2) is 0 Å². The number of hydrogen-bond donors (Lipinski definition) is 3. The topological polar surface area (TPSA) is 196 Å². The van der Waals surface area contributed by atoms with E-state index in [4.69, 9.17) is 16.2 Å². The van der Waals surface area contributed by atoms with Crippen LogP contribution >= 0.6 is 0 Å². The predicted octanol–water partition coefficient (Wildman–Crippen LogP) is 2.23. The van der Waals surface area contributed by atoms with Crippen molar-refractivity contribution in [3.8, 4) is 0 Å². The van der Waals surface area contributed by atoms with E-state index in [1.165, 1.54) is 4.90 Å². The third kappa shape index (κ3) is 13.2. The lowest BCUT2D eigenvalue weighted by Gasteiger charge is -2.30. The summed E-state index contributed by atoms with van der Waals surface area (Å²) in [4.78, 5) is 90.8. The molecule has 44 heavy (non-hydrogen) atoms. The summed E-state index contributed by atoms with van der Waals surface area (Å²) in [7, 11) is 0. The number of esters is 1. The molecule has 4 atom stereocenters. The van der Waals surface area contributed by atoms with E-state index in [1.807, 2.05) is 34.6 Å². The molecule has 1 rings (SSSR count). The number of carbonyl (C=O) groups excluding carboxylic acids is 7. The molecule has 0 bridgehead atoms. The molecule has 1 heterocycles. The molecule has 0 aromatic heterocycles. The van der Waals surface area contributed by atoms with Crippen LogP contribution in [-0.2, 0) is 38.3 Å². The largest absolute Gasteiger partial charge is 0.465 e. The van der Waals surface area contributed by atoms with Crippen LogP contribution in [0.25, 0.3) is 0 Å². The van der Waals surface area contributed by atoms with Crippen molar-refractivity contribution >= 4 is 41.0 Å². The summed E-state index contributed by atoms with van der Waals surface area (Å²) in [5, 5.41) is 2.51. The van der Waals surface area contributed by atoms with Gasteiger partial charge >= 0.3 is 5.97 Å². The van der Waals surface area contributed by atoms with Crippen LogP contribution in [-0.4, -0.2) is 77.7 Å². The molecule has 3 amide bonds. The summed E-state index contributed by atoms with van der Waals surface area (Å²) in [6.07, 6.45) is 2.61. The van der Waals surface area contributed by atoms with Gasteiger partial charge < -0.3 is 26.4 Å². The third-order valence-electron chi connectivity index (χ3n) is 7.93. The van der Waals surface area contributed by atoms with E-state index in [0.717, 1.165) is 0 Å². The number of rotatable bonds is 22. The molecule has 1 aliphatic rings. The van der Waals surface area contributed by atoms with Gasteiger partial charge in [-0.05, 0) is 56.9 Å². The summed E-state index contributed by atoms with van der Waals surface area (Å²) >= 11 is 0. The second-order valence-electron chi connectivity index (χ2n) is 12.6. The van der Waals surface area contributed by atoms with Crippen LogP contribution in [0.2, 0.25) is 0 Å². The fraction of sp³-hybridized carbons (Fsp3) is 0.781. The third-order valence-corrected chi connectivity index (χ3v) is 7.93. The van der Waals surface area contributed by atoms with E-state index in [1.54, 1.807) is 0 Å². The molecule has 3 unspecified atom stereocenters. The van der Waals surface area contributed by atoms with Gasteiger partial charge in [0.05, 0.1) is 25.0 Å². The van der Waals surface area contributed by atoms with Crippen molar-refractivity contribution in [1.82, 2.24) is 10.2 Å². The maximum Gasteiger partial charge on any atom is 0.306 e. The van der Waals surface area contributed by atoms with E-state index in [9.17, 15) is 33.6 Å². The Bertz CT molecular complexity index is 1010. The molecule has 0 aromatic rings. The number of ketones is 3. The average molecular weight is 623 g/mol. The van der Waals surface area contributed by atoms with E-state index < -0.39 is 53.3 Å². The van der Waals surface area contributed by atoms with Crippen LogP contribution in [0.15, 0.2) is 0 Å². The summed E-state index contributed by atoms with van der Waals surface area (Å²) in [6, 6.07) is -1.61. The normalized spacial score (nSPS) is 16.8. The van der Waals surface area contributed by atoms with Crippen molar-refractivity contribution in [2.24, 2.45) is 35.1 Å². The fourth-order valence-electron chi connectivity index (χ4n) is 5.36. The number of amides is 3. The highest BCUT2D eigenvalue weighted by Crippen LogP contribution is 2.28. The lowest BCUT2D eigenvalue weighted by Crippen LogP contribution is -2.46. The highest BCUT2D eigenvalue weighted by atomic mass is 16.5. The summed E-state index contributed by atoms with van der Waals surface area (Å²) < 4.78 is 5.29. The molecule has 5 N–H and O–H groups in total. The standard InChI is InChI=1S/C32H54N4O8/c1-6-10-22(30(41)26(37)13-14-28(39)35-24(31(34)42)11-7-8-15-33)17-27(38)25-12-9-16-36(25)32(43)23(21(4)5)18-29(40)44-19-20(2)3/h20-25H,6-19,33H2,1-5H3,(H2,34,42)(H,35,39)/t22?,23?,24?,25-/m0/s1. The Morgan fingerprint density at radius 1 is 0.955 bits per heavy atom. The quantitative estimate of drug-likeness (QED) is 0.0921. The Morgan fingerprint density at radius 3 is 2.20 bits per heavy atom. The van der Waals surface area contributed by atoms with Gasteiger partial charge in [-0.15, -0.1) is 0 Å². The second-order valence-corrected chi connectivity index (χ2v) is 12.6. The SMILES string of the molecule is CCCC(CC(=O)[C@@H]1CCCN1C(=O)C(CC(=O)OCC(C)C)C(C)C)C(=O)C(=O)CCC(=O)NC(CCCCN)C(N)=O. The number of ether oxygens (including phenoxy) is 1. The molecule has 1 aliphatic heterocycles. The van der Waals surface area contributed by atoms with Crippen LogP contribution in [0.1, 0.15) is 105 Å². The first-order valence-corrected chi connectivity index (χ1v) is 16.1. The molecule has 1 saturated heterocycles. The van der Waals surface area contributed by atoms with E-state index in [-0.39, 0.29) is 55.8 Å². The number of nitrogens with one attached hydrogen (secondary N) is 1. The van der Waals surface area contributed by atoms with Crippen molar-refractivity contribution in [3.63, 3.8) is 0 Å². The lowest BCUT2D eigenvalue weighted by molar-refractivity contribution is -0.152. The molecular weight excluding hydrogens is 568 g/mol. The van der Waals surface area contributed by atoms with Crippen molar-refractivity contribution in [3.05, 3.63) is 0 Å². The minimum absolute atomic E-state index is 0.0759. The fourth-order valence-corrected chi connectivity index (χ4v) is 5.36. The molecule has 0 aliphatic carbocycles. The van der Waals surface area contributed by atoms with Gasteiger partial charge in [0.25, 0.3) is 0 Å². The first-order valence-electron chi connectivity index (χ1n) is 16.1. The number of primary amides is 1. The van der Waals surface area contributed by atoms with Crippen LogP contribution in [0.3, 0.4) is 0 Å². The second kappa shape index (κ2) is 20.0. The molecule has 12 heteroatoms. The average Bonchev–Trinajstić information content (AvgIpc) is 3.46. The molecule has 0 radical (unpaired) electrons. The minimum atomic E-state index is -0.886. The first kappa shape index (κ1) is 38.9. The first-order chi connectivity index (χ1) is 20.7. The highest BCUT2D eigenvalue weighted by molar-refractivity contribution is 6.38. The van der Waals surface area contributed by atoms with Gasteiger partial charge in [0.15, 0.2) is 11.6 Å². The molecular formula is C32H54N4O8.